The molecule has 0 aliphatic rings. The van der Waals surface area contributed by atoms with Gasteiger partial charge in [-0.05, 0) is 49.2 Å². The van der Waals surface area contributed by atoms with Crippen LogP contribution in [0.1, 0.15) is 17.0 Å². The summed E-state index contributed by atoms with van der Waals surface area (Å²) >= 11 is 0. The summed E-state index contributed by atoms with van der Waals surface area (Å²) in [5, 5.41) is 11.3. The van der Waals surface area contributed by atoms with E-state index in [0.29, 0.717) is 23.9 Å². The molecule has 3 rings (SSSR count). The van der Waals surface area contributed by atoms with Gasteiger partial charge in [0.2, 0.25) is 11.8 Å². The number of aromatic nitrogens is 2. The molecule has 2 aromatic carbocycles. The molecule has 0 unspecified atom stereocenters. The van der Waals surface area contributed by atoms with Gasteiger partial charge >= 0.3 is 0 Å². The van der Waals surface area contributed by atoms with Gasteiger partial charge in [-0.2, -0.15) is 0 Å². The fraction of sp³-hybridized carbons (Fsp3) is 0.176. The Hall–Kier alpha value is -2.69. The molecule has 0 bridgehead atoms. The molecule has 0 atom stereocenters. The second-order valence-corrected chi connectivity index (χ2v) is 5.13. The Bertz CT molecular complexity index is 761. The fourth-order valence-electron chi connectivity index (χ4n) is 2.29. The Morgan fingerprint density at radius 2 is 1.68 bits per heavy atom. The lowest BCUT2D eigenvalue weighted by Gasteiger charge is -2.10. The van der Waals surface area contributed by atoms with Crippen molar-refractivity contribution in [3.8, 4) is 11.5 Å². The first-order valence-electron chi connectivity index (χ1n) is 7.02. The second-order valence-electron chi connectivity index (χ2n) is 5.13. The SMILES string of the molecule is Cc1cccc(C)c1NCc1nnc(-c2ccc(F)cc2)o1. The highest BCUT2D eigenvalue weighted by Crippen LogP contribution is 2.21. The zero-order chi connectivity index (χ0) is 15.5. The van der Waals surface area contributed by atoms with Gasteiger partial charge in [-0.25, -0.2) is 4.39 Å². The van der Waals surface area contributed by atoms with E-state index < -0.39 is 0 Å². The number of hydrogen-bond acceptors (Lipinski definition) is 4. The topological polar surface area (TPSA) is 51.0 Å². The van der Waals surface area contributed by atoms with Gasteiger partial charge in [-0.1, -0.05) is 18.2 Å². The lowest BCUT2D eigenvalue weighted by Crippen LogP contribution is -2.03. The minimum atomic E-state index is -0.291. The third-order valence-corrected chi connectivity index (χ3v) is 3.46. The molecule has 22 heavy (non-hydrogen) atoms. The number of halogens is 1. The molecule has 0 spiro atoms. The summed E-state index contributed by atoms with van der Waals surface area (Å²) in [6.45, 7) is 4.54. The number of aryl methyl sites for hydroxylation is 2. The van der Waals surface area contributed by atoms with Crippen molar-refractivity contribution in [2.75, 3.05) is 5.32 Å². The van der Waals surface area contributed by atoms with Crippen LogP contribution in [0.2, 0.25) is 0 Å². The Morgan fingerprint density at radius 3 is 2.36 bits per heavy atom. The van der Waals surface area contributed by atoms with E-state index in [1.165, 1.54) is 23.3 Å². The van der Waals surface area contributed by atoms with Gasteiger partial charge in [0.1, 0.15) is 5.82 Å². The maximum absolute atomic E-state index is 12.9. The number of anilines is 1. The Kier molecular flexibility index (Phi) is 3.87. The van der Waals surface area contributed by atoms with Crippen LogP contribution in [0.4, 0.5) is 10.1 Å². The van der Waals surface area contributed by atoms with Crippen LogP contribution < -0.4 is 5.32 Å². The van der Waals surface area contributed by atoms with Gasteiger partial charge in [0.15, 0.2) is 0 Å². The summed E-state index contributed by atoms with van der Waals surface area (Å²) in [7, 11) is 0. The number of para-hydroxylation sites is 1. The highest BCUT2D eigenvalue weighted by molar-refractivity contribution is 5.56. The normalized spacial score (nSPS) is 10.7. The lowest BCUT2D eigenvalue weighted by atomic mass is 10.1. The second kappa shape index (κ2) is 5.97. The summed E-state index contributed by atoms with van der Waals surface area (Å²) < 4.78 is 18.5. The zero-order valence-electron chi connectivity index (χ0n) is 12.4. The smallest absolute Gasteiger partial charge is 0.247 e. The minimum absolute atomic E-state index is 0.291. The summed E-state index contributed by atoms with van der Waals surface area (Å²) in [5.41, 5.74) is 4.10. The van der Waals surface area contributed by atoms with Crippen molar-refractivity contribution >= 4 is 5.69 Å². The Balaban J connectivity index is 1.73. The van der Waals surface area contributed by atoms with Crippen molar-refractivity contribution < 1.29 is 8.81 Å². The van der Waals surface area contributed by atoms with Gasteiger partial charge in [-0.3, -0.25) is 0 Å². The first-order chi connectivity index (χ1) is 10.6. The lowest BCUT2D eigenvalue weighted by molar-refractivity contribution is 0.514. The van der Waals surface area contributed by atoms with Crippen LogP contribution >= 0.6 is 0 Å². The molecule has 0 saturated heterocycles. The van der Waals surface area contributed by atoms with Crippen molar-refractivity contribution in [1.82, 2.24) is 10.2 Å². The predicted octanol–water partition coefficient (Wildman–Crippen LogP) is 4.10. The van der Waals surface area contributed by atoms with Crippen LogP contribution in [0.15, 0.2) is 46.9 Å². The standard InChI is InChI=1S/C17H16FN3O/c1-11-4-3-5-12(2)16(11)19-10-15-20-21-17(22-15)13-6-8-14(18)9-7-13/h3-9,19H,10H2,1-2H3. The summed E-state index contributed by atoms with van der Waals surface area (Å²) in [4.78, 5) is 0. The predicted molar refractivity (Wildman–Crippen MR) is 82.9 cm³/mol. The molecule has 5 heteroatoms. The number of nitrogens with zero attached hydrogens (tertiary/aromatic N) is 2. The van der Waals surface area contributed by atoms with E-state index in [4.69, 9.17) is 4.42 Å². The van der Waals surface area contributed by atoms with Crippen molar-refractivity contribution in [2.45, 2.75) is 20.4 Å². The number of hydrogen-bond donors (Lipinski definition) is 1. The van der Waals surface area contributed by atoms with Crippen molar-refractivity contribution in [2.24, 2.45) is 0 Å². The first kappa shape index (κ1) is 14.3. The molecule has 0 radical (unpaired) electrons. The molecule has 0 fully saturated rings. The van der Waals surface area contributed by atoms with E-state index in [0.717, 1.165) is 5.69 Å². The maximum Gasteiger partial charge on any atom is 0.247 e. The van der Waals surface area contributed by atoms with E-state index >= 15 is 0 Å². The van der Waals surface area contributed by atoms with Gasteiger partial charge in [-0.15, -0.1) is 10.2 Å². The van der Waals surface area contributed by atoms with Crippen molar-refractivity contribution in [1.29, 1.82) is 0 Å². The molecule has 1 aromatic heterocycles. The number of benzene rings is 2. The number of rotatable bonds is 4. The molecule has 1 N–H and O–H groups in total. The molecule has 0 amide bonds. The summed E-state index contributed by atoms with van der Waals surface area (Å²) in [5.74, 6) is 0.584. The average Bonchev–Trinajstić information content (AvgIpc) is 2.96. The van der Waals surface area contributed by atoms with Crippen LogP contribution in [0.25, 0.3) is 11.5 Å². The zero-order valence-corrected chi connectivity index (χ0v) is 12.4. The minimum Gasteiger partial charge on any atom is -0.419 e. The summed E-state index contributed by atoms with van der Waals surface area (Å²) in [6.07, 6.45) is 0. The van der Waals surface area contributed by atoms with Gasteiger partial charge < -0.3 is 9.73 Å². The van der Waals surface area contributed by atoms with Crippen LogP contribution in [0.5, 0.6) is 0 Å². The summed E-state index contributed by atoms with van der Waals surface area (Å²) in [6, 6.07) is 12.1. The molecular formula is C17H16FN3O. The van der Waals surface area contributed by atoms with Crippen molar-refractivity contribution in [3.05, 3.63) is 65.3 Å². The molecule has 0 aliphatic carbocycles. The monoisotopic (exact) mass is 297 g/mol. The highest BCUT2D eigenvalue weighted by Gasteiger charge is 2.09. The molecule has 0 saturated carbocycles. The van der Waals surface area contributed by atoms with Crippen LogP contribution in [0, 0.1) is 19.7 Å². The van der Waals surface area contributed by atoms with Gasteiger partial charge in [0.25, 0.3) is 0 Å². The van der Waals surface area contributed by atoms with Crippen LogP contribution in [-0.2, 0) is 6.54 Å². The van der Waals surface area contributed by atoms with E-state index in [2.05, 4.69) is 15.5 Å². The molecule has 1 heterocycles. The van der Waals surface area contributed by atoms with Gasteiger partial charge in [0.05, 0.1) is 6.54 Å². The molecule has 112 valence electrons. The Morgan fingerprint density at radius 1 is 1.00 bits per heavy atom. The Labute approximate surface area is 128 Å². The quantitative estimate of drug-likeness (QED) is 0.787. The molecule has 3 aromatic rings. The fourth-order valence-corrected chi connectivity index (χ4v) is 2.29. The largest absolute Gasteiger partial charge is 0.419 e. The van der Waals surface area contributed by atoms with E-state index in [-0.39, 0.29) is 5.82 Å². The van der Waals surface area contributed by atoms with Crippen LogP contribution in [0.3, 0.4) is 0 Å². The van der Waals surface area contributed by atoms with E-state index in [9.17, 15) is 4.39 Å². The van der Waals surface area contributed by atoms with Crippen LogP contribution in [-0.4, -0.2) is 10.2 Å². The number of nitrogens with one attached hydrogen (secondary N) is 1. The molecule has 4 nitrogen and oxygen atoms in total. The van der Waals surface area contributed by atoms with Gasteiger partial charge in [0, 0.05) is 11.3 Å². The average molecular weight is 297 g/mol. The first-order valence-corrected chi connectivity index (χ1v) is 7.02. The maximum atomic E-state index is 12.9. The van der Waals surface area contributed by atoms with Crippen molar-refractivity contribution in [3.63, 3.8) is 0 Å². The molecular weight excluding hydrogens is 281 g/mol. The molecule has 0 aliphatic heterocycles. The third kappa shape index (κ3) is 2.98. The van der Waals surface area contributed by atoms with E-state index in [1.54, 1.807) is 12.1 Å². The highest BCUT2D eigenvalue weighted by atomic mass is 19.1. The van der Waals surface area contributed by atoms with E-state index in [1.807, 2.05) is 32.0 Å². The third-order valence-electron chi connectivity index (χ3n) is 3.46.